The molecular formula is C13H16N2O3. The van der Waals surface area contributed by atoms with Crippen molar-refractivity contribution in [2.45, 2.75) is 6.42 Å². The number of ether oxygens (including phenoxy) is 1. The van der Waals surface area contributed by atoms with Crippen LogP contribution in [-0.2, 0) is 16.0 Å². The van der Waals surface area contributed by atoms with Crippen molar-refractivity contribution < 1.29 is 14.3 Å². The van der Waals surface area contributed by atoms with E-state index in [1.54, 1.807) is 31.4 Å². The topological polar surface area (TPSA) is 95.4 Å². The molecule has 2 amide bonds. The Bertz CT molecular complexity index is 466. The van der Waals surface area contributed by atoms with E-state index in [4.69, 9.17) is 16.2 Å². The smallest absolute Gasteiger partial charge is 0.244 e. The fourth-order valence-electron chi connectivity index (χ4n) is 1.56. The molecule has 1 aromatic carbocycles. The Kier molecular flexibility index (Phi) is 4.48. The normalized spacial score (nSPS) is 11.6. The second-order valence-electron chi connectivity index (χ2n) is 3.90. The van der Waals surface area contributed by atoms with Gasteiger partial charge in [-0.1, -0.05) is 18.7 Å². The van der Waals surface area contributed by atoms with Gasteiger partial charge in [-0.3, -0.25) is 9.59 Å². The molecule has 1 atom stereocenters. The van der Waals surface area contributed by atoms with Crippen molar-refractivity contribution in [3.8, 4) is 5.75 Å². The van der Waals surface area contributed by atoms with Crippen molar-refractivity contribution >= 4 is 11.8 Å². The quantitative estimate of drug-likeness (QED) is 0.712. The SMILES string of the molecule is C=C(C(N)=O)C(Cc1ccc(OC)cc1)C(N)=O. The molecule has 1 rings (SSSR count). The van der Waals surface area contributed by atoms with E-state index in [-0.39, 0.29) is 5.57 Å². The zero-order chi connectivity index (χ0) is 13.7. The molecule has 18 heavy (non-hydrogen) atoms. The van der Waals surface area contributed by atoms with Crippen molar-refractivity contribution in [1.29, 1.82) is 0 Å². The van der Waals surface area contributed by atoms with Crippen molar-refractivity contribution in [3.05, 3.63) is 42.0 Å². The summed E-state index contributed by atoms with van der Waals surface area (Å²) in [7, 11) is 1.57. The van der Waals surface area contributed by atoms with Crippen LogP contribution in [0.15, 0.2) is 36.4 Å². The maximum absolute atomic E-state index is 11.3. The maximum atomic E-state index is 11.3. The van der Waals surface area contributed by atoms with E-state index in [1.807, 2.05) is 0 Å². The van der Waals surface area contributed by atoms with Gasteiger partial charge < -0.3 is 16.2 Å². The second-order valence-corrected chi connectivity index (χ2v) is 3.90. The van der Waals surface area contributed by atoms with E-state index in [9.17, 15) is 9.59 Å². The van der Waals surface area contributed by atoms with Crippen LogP contribution in [0.4, 0.5) is 0 Å². The van der Waals surface area contributed by atoms with Crippen molar-refractivity contribution in [2.24, 2.45) is 17.4 Å². The first kappa shape index (κ1) is 13.8. The molecule has 0 fully saturated rings. The number of primary amides is 2. The van der Waals surface area contributed by atoms with Gasteiger partial charge in [-0.25, -0.2) is 0 Å². The lowest BCUT2D eigenvalue weighted by Gasteiger charge is -2.14. The van der Waals surface area contributed by atoms with Gasteiger partial charge in [-0.05, 0) is 24.1 Å². The molecular weight excluding hydrogens is 232 g/mol. The van der Waals surface area contributed by atoms with Gasteiger partial charge in [-0.15, -0.1) is 0 Å². The van der Waals surface area contributed by atoms with Crippen LogP contribution in [0.3, 0.4) is 0 Å². The number of rotatable bonds is 6. The van der Waals surface area contributed by atoms with E-state index in [1.165, 1.54) is 0 Å². The van der Waals surface area contributed by atoms with Gasteiger partial charge in [-0.2, -0.15) is 0 Å². The molecule has 0 heterocycles. The summed E-state index contributed by atoms with van der Waals surface area (Å²) in [4.78, 5) is 22.3. The Hall–Kier alpha value is -2.30. The van der Waals surface area contributed by atoms with Gasteiger partial charge in [0, 0.05) is 5.57 Å². The Morgan fingerprint density at radius 3 is 2.22 bits per heavy atom. The van der Waals surface area contributed by atoms with E-state index >= 15 is 0 Å². The number of benzene rings is 1. The molecule has 5 nitrogen and oxygen atoms in total. The first-order valence-electron chi connectivity index (χ1n) is 5.36. The summed E-state index contributed by atoms with van der Waals surface area (Å²) in [6.45, 7) is 3.51. The van der Waals surface area contributed by atoms with Crippen LogP contribution in [0.2, 0.25) is 0 Å². The Morgan fingerprint density at radius 2 is 1.83 bits per heavy atom. The lowest BCUT2D eigenvalue weighted by Crippen LogP contribution is -2.31. The van der Waals surface area contributed by atoms with Gasteiger partial charge in [0.1, 0.15) is 5.75 Å². The number of carbonyl (C=O) groups excluding carboxylic acids is 2. The number of hydrogen-bond acceptors (Lipinski definition) is 3. The molecule has 0 saturated heterocycles. The fraction of sp³-hybridized carbons (Fsp3) is 0.231. The molecule has 0 aromatic heterocycles. The molecule has 96 valence electrons. The summed E-state index contributed by atoms with van der Waals surface area (Å²) in [5.74, 6) is -1.40. The average molecular weight is 248 g/mol. The molecule has 0 bridgehead atoms. The summed E-state index contributed by atoms with van der Waals surface area (Å²) in [6.07, 6.45) is 0.293. The minimum absolute atomic E-state index is 0.0262. The van der Waals surface area contributed by atoms with Gasteiger partial charge >= 0.3 is 0 Å². The molecule has 0 saturated carbocycles. The summed E-state index contributed by atoms with van der Waals surface area (Å²) >= 11 is 0. The fourth-order valence-corrected chi connectivity index (χ4v) is 1.56. The van der Waals surface area contributed by atoms with Crippen molar-refractivity contribution in [2.75, 3.05) is 7.11 Å². The summed E-state index contributed by atoms with van der Waals surface area (Å²) in [5, 5.41) is 0. The Morgan fingerprint density at radius 1 is 1.28 bits per heavy atom. The number of hydrogen-bond donors (Lipinski definition) is 2. The van der Waals surface area contributed by atoms with Gasteiger partial charge in [0.25, 0.3) is 0 Å². The Balaban J connectivity index is 2.86. The summed E-state index contributed by atoms with van der Waals surface area (Å²) < 4.78 is 5.02. The molecule has 0 aliphatic rings. The number of methoxy groups -OCH3 is 1. The summed E-state index contributed by atoms with van der Waals surface area (Å²) in [6, 6.07) is 7.12. The molecule has 0 radical (unpaired) electrons. The highest BCUT2D eigenvalue weighted by Crippen LogP contribution is 2.18. The van der Waals surface area contributed by atoms with Crippen molar-refractivity contribution in [1.82, 2.24) is 0 Å². The lowest BCUT2D eigenvalue weighted by atomic mass is 9.91. The number of carbonyl (C=O) groups is 2. The standard InChI is InChI=1S/C13H16N2O3/c1-8(12(14)16)11(13(15)17)7-9-3-5-10(18-2)6-4-9/h3-6,11H,1,7H2,2H3,(H2,14,16)(H2,15,17). The third kappa shape index (κ3) is 3.35. The van der Waals surface area contributed by atoms with Crippen LogP contribution in [0.5, 0.6) is 5.75 Å². The van der Waals surface area contributed by atoms with E-state index < -0.39 is 17.7 Å². The molecule has 1 aromatic rings. The van der Waals surface area contributed by atoms with E-state index in [0.717, 1.165) is 5.56 Å². The monoisotopic (exact) mass is 248 g/mol. The molecule has 0 aliphatic heterocycles. The van der Waals surface area contributed by atoms with Gasteiger partial charge in [0.15, 0.2) is 0 Å². The second kappa shape index (κ2) is 5.86. The van der Waals surface area contributed by atoms with Crippen LogP contribution < -0.4 is 16.2 Å². The zero-order valence-corrected chi connectivity index (χ0v) is 10.2. The van der Waals surface area contributed by atoms with Gasteiger partial charge in [0.2, 0.25) is 11.8 Å². The molecule has 5 heteroatoms. The minimum Gasteiger partial charge on any atom is -0.497 e. The average Bonchev–Trinajstić information content (AvgIpc) is 2.35. The molecule has 0 spiro atoms. The first-order valence-corrected chi connectivity index (χ1v) is 5.36. The van der Waals surface area contributed by atoms with Crippen LogP contribution in [0.25, 0.3) is 0 Å². The summed E-state index contributed by atoms with van der Waals surface area (Å²) in [5.41, 5.74) is 11.2. The van der Waals surface area contributed by atoms with Gasteiger partial charge in [0.05, 0.1) is 13.0 Å². The number of amides is 2. The maximum Gasteiger partial charge on any atom is 0.244 e. The van der Waals surface area contributed by atoms with E-state index in [0.29, 0.717) is 12.2 Å². The molecule has 4 N–H and O–H groups in total. The largest absolute Gasteiger partial charge is 0.497 e. The number of nitrogens with two attached hydrogens (primary N) is 2. The highest BCUT2D eigenvalue weighted by molar-refractivity contribution is 5.98. The molecule has 1 unspecified atom stereocenters. The van der Waals surface area contributed by atoms with Crippen LogP contribution >= 0.6 is 0 Å². The minimum atomic E-state index is -0.782. The van der Waals surface area contributed by atoms with Crippen LogP contribution in [-0.4, -0.2) is 18.9 Å². The van der Waals surface area contributed by atoms with Crippen LogP contribution in [0.1, 0.15) is 5.56 Å². The predicted octanol–water partition coefficient (Wildman–Crippen LogP) is 0.381. The Labute approximate surface area is 105 Å². The third-order valence-electron chi connectivity index (χ3n) is 2.68. The molecule has 0 aliphatic carbocycles. The first-order chi connectivity index (χ1) is 8.45. The third-order valence-corrected chi connectivity index (χ3v) is 2.68. The lowest BCUT2D eigenvalue weighted by molar-refractivity contribution is -0.123. The van der Waals surface area contributed by atoms with E-state index in [2.05, 4.69) is 6.58 Å². The highest BCUT2D eigenvalue weighted by atomic mass is 16.5. The highest BCUT2D eigenvalue weighted by Gasteiger charge is 2.22. The zero-order valence-electron chi connectivity index (χ0n) is 10.2. The van der Waals surface area contributed by atoms with Crippen molar-refractivity contribution in [3.63, 3.8) is 0 Å². The predicted molar refractivity (Wildman–Crippen MR) is 67.7 cm³/mol. The van der Waals surface area contributed by atoms with Crippen LogP contribution in [0, 0.1) is 5.92 Å².